The van der Waals surface area contributed by atoms with Gasteiger partial charge in [0.1, 0.15) is 17.3 Å². The number of carbonyl (C=O) groups excluding carboxylic acids is 1. The van der Waals surface area contributed by atoms with E-state index in [9.17, 15) is 4.79 Å². The lowest BCUT2D eigenvalue weighted by Crippen LogP contribution is -2.44. The Hall–Kier alpha value is -2.51. The molecule has 0 unspecified atom stereocenters. The number of nitrogens with one attached hydrogen (secondary N) is 1. The number of nitrogens with zero attached hydrogens (tertiary/aromatic N) is 3. The van der Waals surface area contributed by atoms with Crippen LogP contribution < -0.4 is 5.32 Å². The zero-order valence-corrected chi connectivity index (χ0v) is 18.5. The summed E-state index contributed by atoms with van der Waals surface area (Å²) in [4.78, 5) is 24.8. The Labute approximate surface area is 181 Å². The van der Waals surface area contributed by atoms with Gasteiger partial charge in [-0.25, -0.2) is 9.97 Å². The maximum absolute atomic E-state index is 12.3. The van der Waals surface area contributed by atoms with Crippen molar-refractivity contribution in [3.05, 3.63) is 41.5 Å². The minimum Gasteiger partial charge on any atom is -0.377 e. The van der Waals surface area contributed by atoms with Gasteiger partial charge in [0.15, 0.2) is 5.82 Å². The summed E-state index contributed by atoms with van der Waals surface area (Å²) >= 11 is 1.63. The van der Waals surface area contributed by atoms with E-state index in [1.165, 1.54) is 0 Å². The average molecular weight is 425 g/mol. The molecule has 1 fully saturated rings. The molecule has 1 amide bonds. The van der Waals surface area contributed by atoms with Crippen molar-refractivity contribution in [2.75, 3.05) is 25.5 Å². The molecular weight excluding hydrogens is 396 g/mol. The number of carbonyl (C=O) groups is 1. The van der Waals surface area contributed by atoms with Gasteiger partial charge in [0.25, 0.3) is 0 Å². The Morgan fingerprint density at radius 1 is 1.23 bits per heavy atom. The molecule has 1 aliphatic rings. The van der Waals surface area contributed by atoms with E-state index >= 15 is 0 Å². The summed E-state index contributed by atoms with van der Waals surface area (Å²) in [6.45, 7) is 5.86. The number of thiophene rings is 1. The molecule has 0 aliphatic carbocycles. The summed E-state index contributed by atoms with van der Waals surface area (Å²) in [6, 6.07) is 10.6. The van der Waals surface area contributed by atoms with Crippen molar-refractivity contribution < 1.29 is 9.53 Å². The Balaban J connectivity index is 1.62. The van der Waals surface area contributed by atoms with E-state index in [-0.39, 0.29) is 17.9 Å². The Morgan fingerprint density at radius 3 is 2.63 bits per heavy atom. The second kappa shape index (κ2) is 9.10. The molecule has 4 rings (SSSR count). The number of benzene rings is 1. The normalized spacial score (nSPS) is 15.1. The fraction of sp³-hybridized carbons (Fsp3) is 0.435. The van der Waals surface area contributed by atoms with Crippen molar-refractivity contribution in [2.24, 2.45) is 5.92 Å². The van der Waals surface area contributed by atoms with Crippen LogP contribution in [0.1, 0.15) is 32.5 Å². The van der Waals surface area contributed by atoms with Gasteiger partial charge >= 0.3 is 0 Å². The van der Waals surface area contributed by atoms with Gasteiger partial charge in [-0.05, 0) is 18.4 Å². The van der Waals surface area contributed by atoms with E-state index < -0.39 is 0 Å². The van der Waals surface area contributed by atoms with Crippen molar-refractivity contribution in [3.63, 3.8) is 0 Å². The number of aromatic nitrogens is 2. The standard InChI is InChI=1S/C23H28N4O2S/c1-15(2)23(28)27-11-9-17(10-12-27)24-21-20-18(16-7-5-4-6-8-16)14-30-22(20)26-19(25-21)13-29-3/h4-8,14-15,17H,9-13H2,1-3H3,(H,24,25,26). The molecule has 0 saturated carbocycles. The number of methoxy groups -OCH3 is 1. The predicted molar refractivity (Wildman–Crippen MR) is 122 cm³/mol. The van der Waals surface area contributed by atoms with Gasteiger partial charge in [-0.1, -0.05) is 44.2 Å². The summed E-state index contributed by atoms with van der Waals surface area (Å²) < 4.78 is 5.28. The fourth-order valence-corrected chi connectivity index (χ4v) is 4.88. The second-order valence-corrected chi connectivity index (χ2v) is 8.87. The first-order valence-corrected chi connectivity index (χ1v) is 11.3. The number of anilines is 1. The fourth-order valence-electron chi connectivity index (χ4n) is 3.92. The molecule has 1 aliphatic heterocycles. The van der Waals surface area contributed by atoms with E-state index in [0.29, 0.717) is 12.4 Å². The highest BCUT2D eigenvalue weighted by Crippen LogP contribution is 2.37. The van der Waals surface area contributed by atoms with Crippen LogP contribution in [0, 0.1) is 5.92 Å². The van der Waals surface area contributed by atoms with Crippen molar-refractivity contribution in [2.45, 2.75) is 39.3 Å². The number of fused-ring (bicyclic) bond motifs is 1. The first-order chi connectivity index (χ1) is 14.6. The van der Waals surface area contributed by atoms with Crippen LogP contribution in [0.3, 0.4) is 0 Å². The average Bonchev–Trinajstić information content (AvgIpc) is 3.19. The van der Waals surface area contributed by atoms with Crippen molar-refractivity contribution in [1.29, 1.82) is 0 Å². The van der Waals surface area contributed by atoms with Gasteiger partial charge in [-0.3, -0.25) is 4.79 Å². The highest BCUT2D eigenvalue weighted by Gasteiger charge is 2.25. The van der Waals surface area contributed by atoms with Crippen LogP contribution in [-0.4, -0.2) is 47.0 Å². The molecule has 0 bridgehead atoms. The van der Waals surface area contributed by atoms with Crippen LogP contribution in [0.2, 0.25) is 0 Å². The number of hydrogen-bond donors (Lipinski definition) is 1. The first kappa shape index (κ1) is 20.8. The minimum atomic E-state index is 0.0480. The lowest BCUT2D eigenvalue weighted by atomic mass is 10.0. The lowest BCUT2D eigenvalue weighted by molar-refractivity contribution is -0.135. The molecule has 0 radical (unpaired) electrons. The maximum atomic E-state index is 12.3. The highest BCUT2D eigenvalue weighted by atomic mass is 32.1. The van der Waals surface area contributed by atoms with E-state index in [1.54, 1.807) is 18.4 Å². The number of ether oxygens (including phenoxy) is 1. The Morgan fingerprint density at radius 2 is 1.97 bits per heavy atom. The largest absolute Gasteiger partial charge is 0.377 e. The van der Waals surface area contributed by atoms with Gasteiger partial charge in [-0.2, -0.15) is 0 Å². The third kappa shape index (κ3) is 4.32. The topological polar surface area (TPSA) is 67.3 Å². The van der Waals surface area contributed by atoms with E-state index in [1.807, 2.05) is 36.9 Å². The second-order valence-electron chi connectivity index (χ2n) is 8.02. The zero-order valence-electron chi connectivity index (χ0n) is 17.7. The van der Waals surface area contributed by atoms with E-state index in [4.69, 9.17) is 14.7 Å². The van der Waals surface area contributed by atoms with Crippen LogP contribution >= 0.6 is 11.3 Å². The van der Waals surface area contributed by atoms with Crippen molar-refractivity contribution in [1.82, 2.24) is 14.9 Å². The zero-order chi connectivity index (χ0) is 21.1. The molecule has 0 atom stereocenters. The van der Waals surface area contributed by atoms with E-state index in [0.717, 1.165) is 53.1 Å². The monoisotopic (exact) mass is 424 g/mol. The molecular formula is C23H28N4O2S. The van der Waals surface area contributed by atoms with Crippen LogP contribution in [0.4, 0.5) is 5.82 Å². The Bertz CT molecular complexity index is 1010. The van der Waals surface area contributed by atoms with Gasteiger partial charge < -0.3 is 15.0 Å². The predicted octanol–water partition coefficient (Wildman–Crippen LogP) is 4.56. The van der Waals surface area contributed by atoms with Crippen LogP contribution in [0.5, 0.6) is 0 Å². The van der Waals surface area contributed by atoms with Crippen molar-refractivity contribution >= 4 is 33.3 Å². The SMILES string of the molecule is COCc1nc(NC2CCN(C(=O)C(C)C)CC2)c2c(-c3ccccc3)csc2n1. The summed E-state index contributed by atoms with van der Waals surface area (Å²) in [7, 11) is 1.66. The lowest BCUT2D eigenvalue weighted by Gasteiger charge is -2.33. The van der Waals surface area contributed by atoms with Gasteiger partial charge in [0.2, 0.25) is 5.91 Å². The van der Waals surface area contributed by atoms with Crippen molar-refractivity contribution in [3.8, 4) is 11.1 Å². The van der Waals surface area contributed by atoms with Crippen LogP contribution in [-0.2, 0) is 16.1 Å². The molecule has 6 nitrogen and oxygen atoms in total. The molecule has 30 heavy (non-hydrogen) atoms. The first-order valence-electron chi connectivity index (χ1n) is 10.4. The maximum Gasteiger partial charge on any atom is 0.225 e. The Kier molecular flexibility index (Phi) is 6.29. The molecule has 1 N–H and O–H groups in total. The highest BCUT2D eigenvalue weighted by molar-refractivity contribution is 7.17. The molecule has 2 aromatic heterocycles. The molecule has 1 aromatic carbocycles. The van der Waals surface area contributed by atoms with Gasteiger partial charge in [0, 0.05) is 43.1 Å². The summed E-state index contributed by atoms with van der Waals surface area (Å²) in [5.74, 6) is 1.83. The van der Waals surface area contributed by atoms with Crippen LogP contribution in [0.25, 0.3) is 21.3 Å². The summed E-state index contributed by atoms with van der Waals surface area (Å²) in [5.41, 5.74) is 2.31. The number of amides is 1. The number of piperidine rings is 1. The minimum absolute atomic E-state index is 0.0480. The van der Waals surface area contributed by atoms with Gasteiger partial charge in [-0.15, -0.1) is 11.3 Å². The van der Waals surface area contributed by atoms with Crippen LogP contribution in [0.15, 0.2) is 35.7 Å². The number of likely N-dealkylation sites (tertiary alicyclic amines) is 1. The summed E-state index contributed by atoms with van der Waals surface area (Å²) in [6.07, 6.45) is 1.82. The third-order valence-corrected chi connectivity index (χ3v) is 6.35. The molecule has 158 valence electrons. The third-order valence-electron chi connectivity index (χ3n) is 5.48. The molecule has 0 spiro atoms. The molecule has 3 heterocycles. The summed E-state index contributed by atoms with van der Waals surface area (Å²) in [5, 5.41) is 6.88. The van der Waals surface area contributed by atoms with E-state index in [2.05, 4.69) is 22.8 Å². The molecule has 1 saturated heterocycles. The molecule has 3 aromatic rings. The molecule has 7 heteroatoms. The number of rotatable bonds is 6. The quantitative estimate of drug-likeness (QED) is 0.628. The number of hydrogen-bond acceptors (Lipinski definition) is 6. The smallest absolute Gasteiger partial charge is 0.225 e. The van der Waals surface area contributed by atoms with Gasteiger partial charge in [0.05, 0.1) is 5.39 Å².